The second-order valence-electron chi connectivity index (χ2n) is 5.09. The Morgan fingerprint density at radius 1 is 1.05 bits per heavy atom. The third-order valence-electron chi connectivity index (χ3n) is 3.61. The van der Waals surface area contributed by atoms with Gasteiger partial charge >= 0.3 is 18.0 Å². The Morgan fingerprint density at radius 3 is 1.95 bits per heavy atom. The van der Waals surface area contributed by atoms with E-state index in [0.29, 0.717) is 0 Å². The average molecular weight is 287 g/mol. The molecule has 1 fully saturated rings. The molecule has 1 saturated carbocycles. The molecule has 1 N–H and O–H groups in total. The normalized spacial score (nSPS) is 20.7. The van der Waals surface area contributed by atoms with E-state index in [1.54, 1.807) is 0 Å². The minimum atomic E-state index is -5.85. The summed E-state index contributed by atoms with van der Waals surface area (Å²) in [5.74, 6) is -7.61. The van der Waals surface area contributed by atoms with E-state index in [0.717, 1.165) is 38.5 Å². The quantitative estimate of drug-likeness (QED) is 0.623. The van der Waals surface area contributed by atoms with Crippen molar-refractivity contribution in [3.05, 3.63) is 0 Å². The Kier molecular flexibility index (Phi) is 5.15. The largest absolute Gasteiger partial charge is 0.463 e. The van der Waals surface area contributed by atoms with Crippen LogP contribution in [0, 0.1) is 5.92 Å². The first kappa shape index (κ1) is 16.2. The highest BCUT2D eigenvalue weighted by molar-refractivity contribution is 5.84. The fourth-order valence-electron chi connectivity index (χ4n) is 2.35. The first-order chi connectivity index (χ1) is 8.66. The number of halogens is 5. The van der Waals surface area contributed by atoms with Crippen LogP contribution in [0.15, 0.2) is 0 Å². The molecule has 0 aliphatic heterocycles. The third-order valence-corrected chi connectivity index (χ3v) is 3.61. The van der Waals surface area contributed by atoms with E-state index in [2.05, 4.69) is 0 Å². The van der Waals surface area contributed by atoms with Gasteiger partial charge in [-0.2, -0.15) is 22.0 Å². The number of carbonyl (C=O) groups is 1. The van der Waals surface area contributed by atoms with Crippen LogP contribution in [0.4, 0.5) is 22.0 Å². The molecule has 0 bridgehead atoms. The third kappa shape index (κ3) is 4.04. The van der Waals surface area contributed by atoms with Gasteiger partial charge in [0.2, 0.25) is 0 Å². The molecule has 112 valence electrons. The summed E-state index contributed by atoms with van der Waals surface area (Å²) >= 11 is 0. The van der Waals surface area contributed by atoms with Crippen LogP contribution in [0.25, 0.3) is 0 Å². The fraction of sp³-hybridized carbons (Fsp3) is 0.917. The smallest absolute Gasteiger partial charge is 0.348 e. The van der Waals surface area contributed by atoms with E-state index in [1.165, 1.54) is 6.92 Å². The summed E-state index contributed by atoms with van der Waals surface area (Å²) in [5, 5.41) is 1.82. The molecule has 2 nitrogen and oxygen atoms in total. The summed E-state index contributed by atoms with van der Waals surface area (Å²) in [6, 6.07) is -0.668. The van der Waals surface area contributed by atoms with Gasteiger partial charge < -0.3 is 5.32 Å². The molecule has 7 heteroatoms. The van der Waals surface area contributed by atoms with E-state index < -0.39 is 24.0 Å². The van der Waals surface area contributed by atoms with E-state index >= 15 is 0 Å². The summed E-state index contributed by atoms with van der Waals surface area (Å²) in [6.07, 6.45) is -0.439. The Labute approximate surface area is 108 Å². The molecule has 1 amide bonds. The highest BCUT2D eigenvalue weighted by Gasteiger charge is 2.63. The van der Waals surface area contributed by atoms with Crippen LogP contribution in [-0.4, -0.2) is 24.0 Å². The number of amides is 1. The van der Waals surface area contributed by atoms with Gasteiger partial charge in [0.25, 0.3) is 0 Å². The Hall–Kier alpha value is -0.880. The summed E-state index contributed by atoms with van der Waals surface area (Å²) < 4.78 is 61.7. The molecular weight excluding hydrogens is 269 g/mol. The molecule has 19 heavy (non-hydrogen) atoms. The minimum absolute atomic E-state index is 0.0320. The van der Waals surface area contributed by atoms with Crippen molar-refractivity contribution in [1.82, 2.24) is 5.32 Å². The molecule has 0 aromatic carbocycles. The molecule has 1 atom stereocenters. The number of hydrogen-bond acceptors (Lipinski definition) is 1. The van der Waals surface area contributed by atoms with Crippen LogP contribution >= 0.6 is 0 Å². The lowest BCUT2D eigenvalue weighted by atomic mass is 9.93. The Morgan fingerprint density at radius 2 is 1.53 bits per heavy atom. The highest BCUT2D eigenvalue weighted by atomic mass is 19.4. The van der Waals surface area contributed by atoms with Gasteiger partial charge in [0.1, 0.15) is 0 Å². The summed E-state index contributed by atoms with van der Waals surface area (Å²) in [5.41, 5.74) is 0. The summed E-state index contributed by atoms with van der Waals surface area (Å²) in [6.45, 7) is 1.49. The van der Waals surface area contributed by atoms with Gasteiger partial charge in [0.15, 0.2) is 0 Å². The van der Waals surface area contributed by atoms with Gasteiger partial charge in [-0.3, -0.25) is 4.79 Å². The number of nitrogens with one attached hydrogen (secondary N) is 1. The molecule has 0 aromatic rings. The molecule has 0 radical (unpaired) electrons. The van der Waals surface area contributed by atoms with Crippen LogP contribution in [-0.2, 0) is 4.79 Å². The van der Waals surface area contributed by atoms with Gasteiger partial charge in [-0.25, -0.2) is 0 Å². The SMILES string of the molecule is C[C@H](NC(=O)C(F)(F)C(F)(F)F)C1CCCCCC1. The van der Waals surface area contributed by atoms with E-state index in [9.17, 15) is 26.7 Å². The van der Waals surface area contributed by atoms with Gasteiger partial charge in [-0.15, -0.1) is 0 Å². The Balaban J connectivity index is 2.60. The molecule has 0 heterocycles. The maximum Gasteiger partial charge on any atom is 0.463 e. The highest BCUT2D eigenvalue weighted by Crippen LogP contribution is 2.36. The molecule has 1 aliphatic rings. The van der Waals surface area contributed by atoms with Crippen molar-refractivity contribution in [1.29, 1.82) is 0 Å². The first-order valence-electron chi connectivity index (χ1n) is 6.41. The maximum atomic E-state index is 12.8. The van der Waals surface area contributed by atoms with Crippen LogP contribution in [0.5, 0.6) is 0 Å². The van der Waals surface area contributed by atoms with Crippen molar-refractivity contribution in [2.75, 3.05) is 0 Å². The van der Waals surface area contributed by atoms with Crippen molar-refractivity contribution >= 4 is 5.91 Å². The minimum Gasteiger partial charge on any atom is -0.348 e. The molecule has 0 saturated heterocycles. The second kappa shape index (κ2) is 6.05. The van der Waals surface area contributed by atoms with E-state index in [-0.39, 0.29) is 5.92 Å². The lowest BCUT2D eigenvalue weighted by molar-refractivity contribution is -0.270. The van der Waals surface area contributed by atoms with Gasteiger partial charge in [-0.1, -0.05) is 25.7 Å². The maximum absolute atomic E-state index is 12.8. The molecule has 1 aliphatic carbocycles. The second-order valence-corrected chi connectivity index (χ2v) is 5.09. The topological polar surface area (TPSA) is 29.1 Å². The van der Waals surface area contributed by atoms with Crippen molar-refractivity contribution in [3.63, 3.8) is 0 Å². The van der Waals surface area contributed by atoms with E-state index in [1.807, 2.05) is 5.32 Å². The predicted molar refractivity (Wildman–Crippen MR) is 59.8 cm³/mol. The molecule has 0 aromatic heterocycles. The first-order valence-corrected chi connectivity index (χ1v) is 6.41. The van der Waals surface area contributed by atoms with E-state index in [4.69, 9.17) is 0 Å². The van der Waals surface area contributed by atoms with Gasteiger partial charge in [-0.05, 0) is 25.7 Å². The number of carbonyl (C=O) groups excluding carboxylic acids is 1. The van der Waals surface area contributed by atoms with Crippen LogP contribution in [0.2, 0.25) is 0 Å². The zero-order chi connectivity index (χ0) is 14.7. The predicted octanol–water partition coefficient (Wildman–Crippen LogP) is 3.66. The Bertz CT molecular complexity index is 308. The monoisotopic (exact) mass is 287 g/mol. The molecule has 1 rings (SSSR count). The lowest BCUT2D eigenvalue weighted by Gasteiger charge is -2.26. The van der Waals surface area contributed by atoms with Crippen LogP contribution < -0.4 is 5.32 Å². The van der Waals surface area contributed by atoms with Gasteiger partial charge in [0.05, 0.1) is 0 Å². The van der Waals surface area contributed by atoms with Gasteiger partial charge in [0, 0.05) is 6.04 Å². The van der Waals surface area contributed by atoms with Crippen molar-refractivity contribution in [3.8, 4) is 0 Å². The summed E-state index contributed by atoms with van der Waals surface area (Å²) in [7, 11) is 0. The number of alkyl halides is 5. The molecule has 0 unspecified atom stereocenters. The van der Waals surface area contributed by atoms with Crippen molar-refractivity contribution in [2.45, 2.75) is 63.6 Å². The standard InChI is InChI=1S/C12H18F5NO/c1-8(9-6-4-2-3-5-7-9)18-10(19)11(13,14)12(15,16)17/h8-9H,2-7H2,1H3,(H,18,19)/t8-/m0/s1. The summed E-state index contributed by atoms with van der Waals surface area (Å²) in [4.78, 5) is 11.1. The molecular formula is C12H18F5NO. The van der Waals surface area contributed by atoms with Crippen molar-refractivity contribution < 1.29 is 26.7 Å². The van der Waals surface area contributed by atoms with Crippen LogP contribution in [0.1, 0.15) is 45.4 Å². The number of rotatable bonds is 3. The molecule has 0 spiro atoms. The fourth-order valence-corrected chi connectivity index (χ4v) is 2.35. The van der Waals surface area contributed by atoms with Crippen LogP contribution in [0.3, 0.4) is 0 Å². The zero-order valence-electron chi connectivity index (χ0n) is 10.7. The average Bonchev–Trinajstić information content (AvgIpc) is 2.55. The zero-order valence-corrected chi connectivity index (χ0v) is 10.7. The van der Waals surface area contributed by atoms with Crippen molar-refractivity contribution in [2.24, 2.45) is 5.92 Å². The lowest BCUT2D eigenvalue weighted by Crippen LogP contribution is -2.53. The number of hydrogen-bond donors (Lipinski definition) is 1.